The first-order chi connectivity index (χ1) is 11.8. The monoisotopic (exact) mass is 346 g/mol. The fraction of sp³-hybridized carbons (Fsp3) is 0.526. The molecule has 0 aromatic heterocycles. The molecule has 1 aliphatic heterocycles. The highest BCUT2D eigenvalue weighted by Gasteiger charge is 2.39. The molecule has 0 spiro atoms. The molecular weight excluding hydrogens is 320 g/mol. The van der Waals surface area contributed by atoms with Crippen molar-refractivity contribution in [3.8, 4) is 0 Å². The number of nitrogens with one attached hydrogen (secondary N) is 1. The Hall–Kier alpha value is -2.37. The van der Waals surface area contributed by atoms with Gasteiger partial charge in [0.25, 0.3) is 0 Å². The maximum absolute atomic E-state index is 12.7. The molecule has 1 heterocycles. The number of carbonyl (C=O) groups is 3. The molecule has 25 heavy (non-hydrogen) atoms. The Morgan fingerprint density at radius 3 is 2.36 bits per heavy atom. The Balaban J connectivity index is 2.09. The summed E-state index contributed by atoms with van der Waals surface area (Å²) in [6, 6.07) is 7.62. The highest BCUT2D eigenvalue weighted by atomic mass is 16.4. The molecule has 0 saturated carbocycles. The lowest BCUT2D eigenvalue weighted by Crippen LogP contribution is -2.51. The summed E-state index contributed by atoms with van der Waals surface area (Å²) in [5, 5.41) is 12.0. The van der Waals surface area contributed by atoms with Crippen molar-refractivity contribution in [3.05, 3.63) is 29.8 Å². The van der Waals surface area contributed by atoms with Gasteiger partial charge in [-0.3, -0.25) is 14.4 Å². The third kappa shape index (κ3) is 4.38. The number of carboxylic acids is 1. The van der Waals surface area contributed by atoms with E-state index >= 15 is 0 Å². The minimum atomic E-state index is -0.937. The molecule has 1 saturated heterocycles. The van der Waals surface area contributed by atoms with E-state index in [0.29, 0.717) is 19.4 Å². The zero-order valence-electron chi connectivity index (χ0n) is 15.0. The van der Waals surface area contributed by atoms with Gasteiger partial charge in [0.2, 0.25) is 11.8 Å². The van der Waals surface area contributed by atoms with Gasteiger partial charge < -0.3 is 15.3 Å². The van der Waals surface area contributed by atoms with Crippen molar-refractivity contribution in [2.24, 2.45) is 5.92 Å². The van der Waals surface area contributed by atoms with Gasteiger partial charge in [0.1, 0.15) is 0 Å². The van der Waals surface area contributed by atoms with Gasteiger partial charge in [-0.25, -0.2) is 0 Å². The average molecular weight is 346 g/mol. The summed E-state index contributed by atoms with van der Waals surface area (Å²) >= 11 is 0. The van der Waals surface area contributed by atoms with Crippen LogP contribution in [0, 0.1) is 12.8 Å². The molecule has 6 heteroatoms. The Morgan fingerprint density at radius 2 is 1.84 bits per heavy atom. The topological polar surface area (TPSA) is 86.7 Å². The Morgan fingerprint density at radius 1 is 1.24 bits per heavy atom. The average Bonchev–Trinajstić information content (AvgIpc) is 2.96. The molecule has 2 rings (SSSR count). The first-order valence-electron chi connectivity index (χ1n) is 8.71. The van der Waals surface area contributed by atoms with Crippen LogP contribution in [-0.4, -0.2) is 35.0 Å². The van der Waals surface area contributed by atoms with Gasteiger partial charge in [-0.05, 0) is 31.9 Å². The smallest absolute Gasteiger partial charge is 0.305 e. The maximum atomic E-state index is 12.7. The molecule has 6 nitrogen and oxygen atoms in total. The van der Waals surface area contributed by atoms with Crippen molar-refractivity contribution in [3.63, 3.8) is 0 Å². The van der Waals surface area contributed by atoms with E-state index in [4.69, 9.17) is 5.11 Å². The first kappa shape index (κ1) is 19.0. The number of benzene rings is 1. The van der Waals surface area contributed by atoms with Crippen LogP contribution >= 0.6 is 0 Å². The summed E-state index contributed by atoms with van der Waals surface area (Å²) in [4.78, 5) is 37.7. The van der Waals surface area contributed by atoms with Crippen molar-refractivity contribution < 1.29 is 19.5 Å². The van der Waals surface area contributed by atoms with Crippen LogP contribution in [0.3, 0.4) is 0 Å². The number of carbonyl (C=O) groups excluding carboxylic acids is 2. The quantitative estimate of drug-likeness (QED) is 0.794. The predicted octanol–water partition coefficient (Wildman–Crippen LogP) is 2.50. The standard InChI is InChI=1S/C19H26N2O4/c1-4-19(5-2,11-17(23)24)20-18(25)14-10-16(22)21(12-14)15-8-6-13(3)7-9-15/h6-9,14H,4-5,10-12H2,1-3H3,(H,20,25)(H,23,24). The minimum absolute atomic E-state index is 0.0826. The fourth-order valence-electron chi connectivity index (χ4n) is 3.23. The fourth-order valence-corrected chi connectivity index (χ4v) is 3.23. The van der Waals surface area contributed by atoms with E-state index in [0.717, 1.165) is 11.3 Å². The van der Waals surface area contributed by atoms with Crippen molar-refractivity contribution in [2.75, 3.05) is 11.4 Å². The van der Waals surface area contributed by atoms with E-state index in [1.54, 1.807) is 4.90 Å². The second-order valence-electron chi connectivity index (χ2n) is 6.79. The summed E-state index contributed by atoms with van der Waals surface area (Å²) in [5.41, 5.74) is 1.13. The number of aryl methyl sites for hydroxylation is 1. The number of aliphatic carboxylic acids is 1. The van der Waals surface area contributed by atoms with Crippen molar-refractivity contribution >= 4 is 23.5 Å². The van der Waals surface area contributed by atoms with E-state index in [2.05, 4.69) is 5.32 Å². The molecule has 0 bridgehead atoms. The molecule has 1 unspecified atom stereocenters. The predicted molar refractivity (Wildman–Crippen MR) is 95.3 cm³/mol. The van der Waals surface area contributed by atoms with Crippen LogP contribution in [0.5, 0.6) is 0 Å². The number of anilines is 1. The SMILES string of the molecule is CCC(CC)(CC(=O)O)NC(=O)C1CC(=O)N(c2ccc(C)cc2)C1. The van der Waals surface area contributed by atoms with Crippen LogP contribution < -0.4 is 10.2 Å². The maximum Gasteiger partial charge on any atom is 0.305 e. The zero-order valence-corrected chi connectivity index (χ0v) is 15.0. The highest BCUT2D eigenvalue weighted by Crippen LogP contribution is 2.27. The molecule has 0 radical (unpaired) electrons. The van der Waals surface area contributed by atoms with Gasteiger partial charge in [0.05, 0.1) is 12.3 Å². The lowest BCUT2D eigenvalue weighted by molar-refractivity contribution is -0.139. The number of rotatable bonds is 7. The number of amides is 2. The van der Waals surface area contributed by atoms with E-state index in [-0.39, 0.29) is 24.7 Å². The summed E-state index contributed by atoms with van der Waals surface area (Å²) in [6.45, 7) is 6.03. The third-order valence-electron chi connectivity index (χ3n) is 5.07. The van der Waals surface area contributed by atoms with Crippen molar-refractivity contribution in [1.29, 1.82) is 0 Å². The normalized spacial score (nSPS) is 17.6. The molecule has 2 N–H and O–H groups in total. The largest absolute Gasteiger partial charge is 0.481 e. The minimum Gasteiger partial charge on any atom is -0.481 e. The molecular formula is C19H26N2O4. The second kappa shape index (κ2) is 7.68. The van der Waals surface area contributed by atoms with Crippen LogP contribution in [-0.2, 0) is 14.4 Å². The van der Waals surface area contributed by atoms with E-state index < -0.39 is 17.4 Å². The van der Waals surface area contributed by atoms with Gasteiger partial charge in [-0.1, -0.05) is 31.5 Å². The molecule has 1 fully saturated rings. The second-order valence-corrected chi connectivity index (χ2v) is 6.79. The van der Waals surface area contributed by atoms with Gasteiger partial charge >= 0.3 is 5.97 Å². The van der Waals surface area contributed by atoms with Gasteiger partial charge in [-0.15, -0.1) is 0 Å². The Kier molecular flexibility index (Phi) is 5.82. The van der Waals surface area contributed by atoms with Crippen LogP contribution in [0.15, 0.2) is 24.3 Å². The number of hydrogen-bond acceptors (Lipinski definition) is 3. The third-order valence-corrected chi connectivity index (χ3v) is 5.07. The number of carboxylic acid groups (broad SMARTS) is 1. The van der Waals surface area contributed by atoms with Crippen LogP contribution in [0.25, 0.3) is 0 Å². The van der Waals surface area contributed by atoms with Crippen molar-refractivity contribution in [1.82, 2.24) is 5.32 Å². The summed E-state index contributed by atoms with van der Waals surface area (Å²) in [5.74, 6) is -1.72. The Labute approximate surface area is 148 Å². The molecule has 1 aliphatic rings. The summed E-state index contributed by atoms with van der Waals surface area (Å²) in [7, 11) is 0. The summed E-state index contributed by atoms with van der Waals surface area (Å²) in [6.07, 6.45) is 1.10. The molecule has 0 aliphatic carbocycles. The van der Waals surface area contributed by atoms with Gasteiger partial charge in [0.15, 0.2) is 0 Å². The van der Waals surface area contributed by atoms with Crippen LogP contribution in [0.2, 0.25) is 0 Å². The summed E-state index contributed by atoms with van der Waals surface area (Å²) < 4.78 is 0. The zero-order chi connectivity index (χ0) is 18.6. The van der Waals surface area contributed by atoms with E-state index in [1.807, 2.05) is 45.0 Å². The Bertz CT molecular complexity index is 650. The van der Waals surface area contributed by atoms with E-state index in [9.17, 15) is 14.4 Å². The molecule has 136 valence electrons. The molecule has 1 atom stereocenters. The first-order valence-corrected chi connectivity index (χ1v) is 8.71. The van der Waals surface area contributed by atoms with Crippen molar-refractivity contribution in [2.45, 2.75) is 52.0 Å². The lowest BCUT2D eigenvalue weighted by atomic mass is 9.88. The van der Waals surface area contributed by atoms with Crippen LogP contribution in [0.1, 0.15) is 45.1 Å². The number of nitrogens with zero attached hydrogens (tertiary/aromatic N) is 1. The lowest BCUT2D eigenvalue weighted by Gasteiger charge is -2.32. The van der Waals surface area contributed by atoms with Gasteiger partial charge in [0, 0.05) is 24.2 Å². The van der Waals surface area contributed by atoms with Crippen LogP contribution in [0.4, 0.5) is 5.69 Å². The molecule has 2 amide bonds. The highest BCUT2D eigenvalue weighted by molar-refractivity contribution is 6.00. The molecule has 1 aromatic rings. The molecule has 1 aromatic carbocycles. The van der Waals surface area contributed by atoms with Gasteiger partial charge in [-0.2, -0.15) is 0 Å². The number of hydrogen-bond donors (Lipinski definition) is 2. The van der Waals surface area contributed by atoms with E-state index in [1.165, 1.54) is 0 Å².